The normalized spacial score (nSPS) is 29.4. The molecule has 3 rings (SSSR count). The maximum absolute atomic E-state index is 12.6. The standard InChI is InChI=1S/C15H18Br2N2O/c16-11-4-10(5-12(17)6-11)15(20)19-7-9-2-1-3-14(18)13(9)8-19/h4-6,9,13-14H,1-3,7-8,18H2. The molecule has 0 radical (unpaired) electrons. The van der Waals surface area contributed by atoms with E-state index >= 15 is 0 Å². The van der Waals surface area contributed by atoms with Gasteiger partial charge in [0.25, 0.3) is 5.91 Å². The second kappa shape index (κ2) is 5.78. The summed E-state index contributed by atoms with van der Waals surface area (Å²) in [5.41, 5.74) is 6.95. The van der Waals surface area contributed by atoms with E-state index in [0.717, 1.165) is 34.0 Å². The average Bonchev–Trinajstić information content (AvgIpc) is 2.82. The molecule has 2 N–H and O–H groups in total. The summed E-state index contributed by atoms with van der Waals surface area (Å²) < 4.78 is 1.84. The number of carbonyl (C=O) groups excluding carboxylic acids is 1. The smallest absolute Gasteiger partial charge is 0.253 e. The van der Waals surface area contributed by atoms with Crippen LogP contribution in [0.15, 0.2) is 27.1 Å². The fourth-order valence-corrected chi connectivity index (χ4v) is 4.84. The number of amides is 1. The Morgan fingerprint density at radius 2 is 1.85 bits per heavy atom. The predicted octanol–water partition coefficient (Wildman–Crippen LogP) is 3.41. The van der Waals surface area contributed by atoms with Crippen LogP contribution in [0.1, 0.15) is 29.6 Å². The minimum atomic E-state index is 0.119. The number of halogens is 2. The SMILES string of the molecule is NC1CCCC2CN(C(=O)c3cc(Br)cc(Br)c3)CC12. The van der Waals surface area contributed by atoms with Gasteiger partial charge in [0.1, 0.15) is 0 Å². The molecule has 20 heavy (non-hydrogen) atoms. The Balaban J connectivity index is 1.78. The van der Waals surface area contributed by atoms with E-state index in [1.54, 1.807) is 0 Å². The van der Waals surface area contributed by atoms with Crippen LogP contribution in [0.4, 0.5) is 0 Å². The van der Waals surface area contributed by atoms with E-state index in [0.29, 0.717) is 11.8 Å². The van der Waals surface area contributed by atoms with E-state index in [-0.39, 0.29) is 11.9 Å². The first-order chi connectivity index (χ1) is 9.54. The van der Waals surface area contributed by atoms with Crippen LogP contribution in [0.5, 0.6) is 0 Å². The van der Waals surface area contributed by atoms with Crippen LogP contribution < -0.4 is 5.73 Å². The topological polar surface area (TPSA) is 46.3 Å². The molecule has 1 amide bonds. The van der Waals surface area contributed by atoms with E-state index in [1.165, 1.54) is 12.8 Å². The number of carbonyl (C=O) groups is 1. The third kappa shape index (κ3) is 2.81. The van der Waals surface area contributed by atoms with Crippen LogP contribution in [-0.2, 0) is 0 Å². The molecule has 1 saturated heterocycles. The van der Waals surface area contributed by atoms with Crippen molar-refractivity contribution in [1.29, 1.82) is 0 Å². The summed E-state index contributed by atoms with van der Waals surface area (Å²) in [6.07, 6.45) is 3.52. The van der Waals surface area contributed by atoms with Crippen LogP contribution in [0, 0.1) is 11.8 Å². The molecule has 1 aliphatic carbocycles. The number of hydrogen-bond donors (Lipinski definition) is 1. The molecular weight excluding hydrogens is 384 g/mol. The van der Waals surface area contributed by atoms with E-state index < -0.39 is 0 Å². The lowest BCUT2D eigenvalue weighted by molar-refractivity contribution is 0.0783. The zero-order valence-corrected chi connectivity index (χ0v) is 14.4. The lowest BCUT2D eigenvalue weighted by atomic mass is 9.78. The Morgan fingerprint density at radius 3 is 2.50 bits per heavy atom. The van der Waals surface area contributed by atoms with Gasteiger partial charge in [-0.25, -0.2) is 0 Å². The van der Waals surface area contributed by atoms with Gasteiger partial charge in [0.05, 0.1) is 0 Å². The summed E-state index contributed by atoms with van der Waals surface area (Å²) >= 11 is 6.88. The predicted molar refractivity (Wildman–Crippen MR) is 86.6 cm³/mol. The molecule has 108 valence electrons. The first-order valence-corrected chi connectivity index (χ1v) is 8.64. The van der Waals surface area contributed by atoms with Gasteiger partial charge < -0.3 is 10.6 Å². The van der Waals surface area contributed by atoms with Crippen LogP contribution >= 0.6 is 31.9 Å². The highest BCUT2D eigenvalue weighted by Gasteiger charge is 2.40. The molecule has 3 nitrogen and oxygen atoms in total. The van der Waals surface area contributed by atoms with E-state index in [9.17, 15) is 4.79 Å². The van der Waals surface area contributed by atoms with Gasteiger partial charge >= 0.3 is 0 Å². The lowest BCUT2D eigenvalue weighted by Crippen LogP contribution is -2.38. The van der Waals surface area contributed by atoms with E-state index in [1.807, 2.05) is 23.1 Å². The number of nitrogens with two attached hydrogens (primary N) is 1. The largest absolute Gasteiger partial charge is 0.338 e. The summed E-state index contributed by atoms with van der Waals surface area (Å²) in [5, 5.41) is 0. The first kappa shape index (κ1) is 14.5. The van der Waals surface area contributed by atoms with Crippen LogP contribution in [-0.4, -0.2) is 29.9 Å². The summed E-state index contributed by atoms with van der Waals surface area (Å²) in [6.45, 7) is 1.68. The molecule has 0 spiro atoms. The molecule has 5 heteroatoms. The van der Waals surface area contributed by atoms with Crippen LogP contribution in [0.3, 0.4) is 0 Å². The van der Waals surface area contributed by atoms with Gasteiger partial charge in [0.2, 0.25) is 0 Å². The van der Waals surface area contributed by atoms with Crippen molar-refractivity contribution in [2.24, 2.45) is 17.6 Å². The summed E-state index contributed by atoms with van der Waals surface area (Å²) in [7, 11) is 0. The Kier molecular flexibility index (Phi) is 4.20. The first-order valence-electron chi connectivity index (χ1n) is 7.05. The number of nitrogens with zero attached hydrogens (tertiary/aromatic N) is 1. The highest BCUT2D eigenvalue weighted by atomic mass is 79.9. The summed E-state index contributed by atoms with van der Waals surface area (Å²) in [4.78, 5) is 14.6. The molecule has 1 aromatic rings. The maximum Gasteiger partial charge on any atom is 0.253 e. The second-order valence-electron chi connectivity index (χ2n) is 5.89. The Morgan fingerprint density at radius 1 is 1.15 bits per heavy atom. The highest BCUT2D eigenvalue weighted by Crippen LogP contribution is 2.36. The minimum absolute atomic E-state index is 0.119. The summed E-state index contributed by atoms with van der Waals surface area (Å²) in [5.74, 6) is 1.20. The minimum Gasteiger partial charge on any atom is -0.338 e. The molecule has 3 unspecified atom stereocenters. The van der Waals surface area contributed by atoms with Crippen molar-refractivity contribution in [2.45, 2.75) is 25.3 Å². The molecule has 0 aromatic heterocycles. The second-order valence-corrected chi connectivity index (χ2v) is 7.72. The van der Waals surface area contributed by atoms with Gasteiger partial charge in [-0.05, 0) is 42.9 Å². The number of rotatable bonds is 1. The quantitative estimate of drug-likeness (QED) is 0.783. The molecule has 1 aromatic carbocycles. The molecule has 1 aliphatic heterocycles. The average molecular weight is 402 g/mol. The highest BCUT2D eigenvalue weighted by molar-refractivity contribution is 9.11. The van der Waals surface area contributed by atoms with Gasteiger partial charge in [-0.3, -0.25) is 4.79 Å². The molecule has 1 saturated carbocycles. The fraction of sp³-hybridized carbons (Fsp3) is 0.533. The van der Waals surface area contributed by atoms with E-state index in [2.05, 4.69) is 31.9 Å². The maximum atomic E-state index is 12.6. The van der Waals surface area contributed by atoms with Crippen molar-refractivity contribution >= 4 is 37.8 Å². The molecule has 0 bridgehead atoms. The van der Waals surface area contributed by atoms with Gasteiger partial charge in [-0.1, -0.05) is 38.3 Å². The summed E-state index contributed by atoms with van der Waals surface area (Å²) in [6, 6.07) is 5.97. The van der Waals surface area contributed by atoms with Crippen molar-refractivity contribution in [3.63, 3.8) is 0 Å². The third-order valence-corrected chi connectivity index (χ3v) is 5.47. The van der Waals surface area contributed by atoms with Crippen molar-refractivity contribution in [1.82, 2.24) is 4.90 Å². The zero-order valence-electron chi connectivity index (χ0n) is 11.2. The Labute approximate surface area is 136 Å². The molecule has 2 fully saturated rings. The van der Waals surface area contributed by atoms with Gasteiger partial charge in [0.15, 0.2) is 0 Å². The van der Waals surface area contributed by atoms with Gasteiger partial charge in [-0.2, -0.15) is 0 Å². The van der Waals surface area contributed by atoms with Crippen molar-refractivity contribution in [3.05, 3.63) is 32.7 Å². The molecular formula is C15H18Br2N2O. The molecule has 2 aliphatic rings. The van der Waals surface area contributed by atoms with Crippen LogP contribution in [0.2, 0.25) is 0 Å². The lowest BCUT2D eigenvalue weighted by Gasteiger charge is -2.29. The number of fused-ring (bicyclic) bond motifs is 1. The van der Waals surface area contributed by atoms with Crippen molar-refractivity contribution in [3.8, 4) is 0 Å². The monoisotopic (exact) mass is 400 g/mol. The van der Waals surface area contributed by atoms with Gasteiger partial charge in [0, 0.05) is 33.6 Å². The van der Waals surface area contributed by atoms with Crippen molar-refractivity contribution < 1.29 is 4.79 Å². The Bertz CT molecular complexity index is 514. The molecule has 3 atom stereocenters. The third-order valence-electron chi connectivity index (χ3n) is 4.55. The van der Waals surface area contributed by atoms with Crippen molar-refractivity contribution in [2.75, 3.05) is 13.1 Å². The number of benzene rings is 1. The molecule has 1 heterocycles. The number of likely N-dealkylation sites (tertiary alicyclic amines) is 1. The van der Waals surface area contributed by atoms with Crippen LogP contribution in [0.25, 0.3) is 0 Å². The van der Waals surface area contributed by atoms with Gasteiger partial charge in [-0.15, -0.1) is 0 Å². The van der Waals surface area contributed by atoms with E-state index in [4.69, 9.17) is 5.73 Å². The zero-order chi connectivity index (χ0) is 14.3. The fourth-order valence-electron chi connectivity index (χ4n) is 3.54. The number of hydrogen-bond acceptors (Lipinski definition) is 2. The Hall–Kier alpha value is -0.390.